The smallest absolute Gasteiger partial charge is 0.125 e. The van der Waals surface area contributed by atoms with Crippen LogP contribution in [-0.2, 0) is 18.0 Å². The van der Waals surface area contributed by atoms with Crippen LogP contribution in [0.2, 0.25) is 0 Å². The van der Waals surface area contributed by atoms with Crippen molar-refractivity contribution in [1.29, 1.82) is 0 Å². The van der Waals surface area contributed by atoms with Crippen LogP contribution in [0.4, 0.5) is 0 Å². The molecule has 3 nitrogen and oxygen atoms in total. The molecule has 1 N–H and O–H groups in total. The number of nitrogens with one attached hydrogen (secondary N) is 1. The van der Waals surface area contributed by atoms with Crippen molar-refractivity contribution < 1.29 is 9.15 Å². The minimum absolute atomic E-state index is 0.115. The Morgan fingerprint density at radius 1 is 1.16 bits per heavy atom. The molecule has 3 rings (SSSR count). The van der Waals surface area contributed by atoms with Crippen LogP contribution in [-0.4, -0.2) is 6.54 Å². The highest BCUT2D eigenvalue weighted by molar-refractivity contribution is 5.37. The van der Waals surface area contributed by atoms with E-state index in [2.05, 4.69) is 30.4 Å². The maximum absolute atomic E-state index is 5.78. The quantitative estimate of drug-likeness (QED) is 0.912. The molecule has 0 aliphatic carbocycles. The summed E-state index contributed by atoms with van der Waals surface area (Å²) in [6, 6.07) is 10.7. The zero-order valence-electron chi connectivity index (χ0n) is 11.4. The molecule has 0 saturated carbocycles. The molecule has 1 aliphatic rings. The second-order valence-electron chi connectivity index (χ2n) is 4.96. The number of furan rings is 1. The summed E-state index contributed by atoms with van der Waals surface area (Å²) in [4.78, 5) is 0. The summed E-state index contributed by atoms with van der Waals surface area (Å²) in [6.07, 6.45) is 0. The maximum Gasteiger partial charge on any atom is 0.125 e. The molecule has 2 heterocycles. The first-order chi connectivity index (χ1) is 9.28. The molecule has 2 aromatic rings. The third-order valence-corrected chi connectivity index (χ3v) is 3.53. The number of hydrogen-bond acceptors (Lipinski definition) is 3. The number of aryl methyl sites for hydroxylation is 1. The Bertz CT molecular complexity index is 574. The molecule has 19 heavy (non-hydrogen) atoms. The zero-order chi connectivity index (χ0) is 13.2. The Kier molecular flexibility index (Phi) is 3.40. The predicted octanol–water partition coefficient (Wildman–Crippen LogP) is 3.32. The third kappa shape index (κ3) is 2.44. The second-order valence-corrected chi connectivity index (χ2v) is 4.96. The Balaban J connectivity index is 1.95. The van der Waals surface area contributed by atoms with E-state index in [0.717, 1.165) is 31.3 Å². The molecular formula is C16H19NO2. The van der Waals surface area contributed by atoms with Crippen LogP contribution in [0.1, 0.15) is 41.2 Å². The number of benzene rings is 1. The normalized spacial score (nSPS) is 15.5. The fourth-order valence-electron chi connectivity index (χ4n) is 2.57. The van der Waals surface area contributed by atoms with E-state index in [4.69, 9.17) is 9.15 Å². The van der Waals surface area contributed by atoms with E-state index in [1.807, 2.05) is 19.1 Å². The van der Waals surface area contributed by atoms with Crippen LogP contribution in [0.3, 0.4) is 0 Å². The van der Waals surface area contributed by atoms with Crippen molar-refractivity contribution in [3.63, 3.8) is 0 Å². The zero-order valence-corrected chi connectivity index (χ0v) is 11.4. The largest absolute Gasteiger partial charge is 0.464 e. The van der Waals surface area contributed by atoms with Gasteiger partial charge in [0.25, 0.3) is 0 Å². The van der Waals surface area contributed by atoms with Crippen molar-refractivity contribution in [1.82, 2.24) is 5.32 Å². The summed E-state index contributed by atoms with van der Waals surface area (Å²) < 4.78 is 11.3. The van der Waals surface area contributed by atoms with E-state index in [1.165, 1.54) is 16.7 Å². The van der Waals surface area contributed by atoms with Gasteiger partial charge in [-0.25, -0.2) is 0 Å². The lowest BCUT2D eigenvalue weighted by Crippen LogP contribution is -2.21. The van der Waals surface area contributed by atoms with E-state index in [1.54, 1.807) is 0 Å². The van der Waals surface area contributed by atoms with Gasteiger partial charge in [0.15, 0.2) is 0 Å². The Morgan fingerprint density at radius 3 is 2.74 bits per heavy atom. The van der Waals surface area contributed by atoms with Crippen molar-refractivity contribution in [2.45, 2.75) is 33.1 Å². The summed E-state index contributed by atoms with van der Waals surface area (Å²) in [6.45, 7) is 6.45. The Labute approximate surface area is 113 Å². The lowest BCUT2D eigenvalue weighted by Gasteiger charge is -2.17. The fraction of sp³-hybridized carbons (Fsp3) is 0.375. The number of fused-ring (bicyclic) bond motifs is 1. The topological polar surface area (TPSA) is 34.4 Å². The SMILES string of the molecule is CCNC(c1ccc2c(c1)COC2)c1ccc(C)o1. The molecule has 1 aromatic heterocycles. The molecule has 1 aliphatic heterocycles. The summed E-state index contributed by atoms with van der Waals surface area (Å²) in [7, 11) is 0. The van der Waals surface area contributed by atoms with Gasteiger partial charge < -0.3 is 14.5 Å². The molecule has 0 saturated heterocycles. The van der Waals surface area contributed by atoms with Crippen LogP contribution in [0.15, 0.2) is 34.7 Å². The average Bonchev–Trinajstić information content (AvgIpc) is 3.03. The minimum Gasteiger partial charge on any atom is -0.464 e. The predicted molar refractivity (Wildman–Crippen MR) is 73.9 cm³/mol. The Hall–Kier alpha value is -1.58. The van der Waals surface area contributed by atoms with Gasteiger partial charge in [-0.2, -0.15) is 0 Å². The standard InChI is InChI=1S/C16H19NO2/c1-3-17-16(15-7-4-11(2)19-15)12-5-6-13-9-18-10-14(13)8-12/h4-8,16-17H,3,9-10H2,1-2H3. The first-order valence-electron chi connectivity index (χ1n) is 6.77. The lowest BCUT2D eigenvalue weighted by atomic mass is 9.99. The van der Waals surface area contributed by atoms with E-state index in [-0.39, 0.29) is 6.04 Å². The van der Waals surface area contributed by atoms with Gasteiger partial charge in [0, 0.05) is 0 Å². The van der Waals surface area contributed by atoms with Crippen molar-refractivity contribution in [2.75, 3.05) is 6.54 Å². The molecule has 1 atom stereocenters. The van der Waals surface area contributed by atoms with Crippen molar-refractivity contribution in [2.24, 2.45) is 0 Å². The number of rotatable bonds is 4. The average molecular weight is 257 g/mol. The van der Waals surface area contributed by atoms with Gasteiger partial charge in [0.2, 0.25) is 0 Å². The van der Waals surface area contributed by atoms with E-state index in [9.17, 15) is 0 Å². The van der Waals surface area contributed by atoms with Gasteiger partial charge in [-0.15, -0.1) is 0 Å². The minimum atomic E-state index is 0.115. The molecule has 0 amide bonds. The molecule has 100 valence electrons. The van der Waals surface area contributed by atoms with E-state index >= 15 is 0 Å². The highest BCUT2D eigenvalue weighted by Gasteiger charge is 2.19. The summed E-state index contributed by atoms with van der Waals surface area (Å²) >= 11 is 0. The van der Waals surface area contributed by atoms with Crippen LogP contribution >= 0.6 is 0 Å². The molecule has 1 unspecified atom stereocenters. The first-order valence-corrected chi connectivity index (χ1v) is 6.77. The fourth-order valence-corrected chi connectivity index (χ4v) is 2.57. The summed E-state index contributed by atoms with van der Waals surface area (Å²) in [5.41, 5.74) is 3.83. The number of ether oxygens (including phenoxy) is 1. The molecule has 1 aromatic carbocycles. The van der Waals surface area contributed by atoms with Gasteiger partial charge in [-0.1, -0.05) is 25.1 Å². The van der Waals surface area contributed by atoms with Gasteiger partial charge in [0.05, 0.1) is 19.3 Å². The highest BCUT2D eigenvalue weighted by atomic mass is 16.5. The third-order valence-electron chi connectivity index (χ3n) is 3.53. The molecule has 0 bridgehead atoms. The molecular weight excluding hydrogens is 238 g/mol. The first kappa shape index (κ1) is 12.5. The van der Waals surface area contributed by atoms with E-state index in [0.29, 0.717) is 0 Å². The van der Waals surface area contributed by atoms with Crippen molar-refractivity contribution in [3.8, 4) is 0 Å². The highest BCUT2D eigenvalue weighted by Crippen LogP contribution is 2.28. The van der Waals surface area contributed by atoms with Gasteiger partial charge in [0.1, 0.15) is 11.5 Å². The van der Waals surface area contributed by atoms with Crippen LogP contribution in [0.25, 0.3) is 0 Å². The number of hydrogen-bond donors (Lipinski definition) is 1. The van der Waals surface area contributed by atoms with Crippen LogP contribution in [0, 0.1) is 6.92 Å². The summed E-state index contributed by atoms with van der Waals surface area (Å²) in [5, 5.41) is 3.49. The van der Waals surface area contributed by atoms with Crippen LogP contribution < -0.4 is 5.32 Å². The second kappa shape index (κ2) is 5.19. The summed E-state index contributed by atoms with van der Waals surface area (Å²) in [5.74, 6) is 1.92. The van der Waals surface area contributed by atoms with Crippen molar-refractivity contribution >= 4 is 0 Å². The maximum atomic E-state index is 5.78. The van der Waals surface area contributed by atoms with Gasteiger partial charge >= 0.3 is 0 Å². The molecule has 0 radical (unpaired) electrons. The van der Waals surface area contributed by atoms with E-state index < -0.39 is 0 Å². The molecule has 3 heteroatoms. The van der Waals surface area contributed by atoms with Gasteiger partial charge in [-0.3, -0.25) is 0 Å². The lowest BCUT2D eigenvalue weighted by molar-refractivity contribution is 0.134. The monoisotopic (exact) mass is 257 g/mol. The molecule has 0 fully saturated rings. The van der Waals surface area contributed by atoms with Crippen LogP contribution in [0.5, 0.6) is 0 Å². The molecule has 0 spiro atoms. The van der Waals surface area contributed by atoms with Gasteiger partial charge in [-0.05, 0) is 42.3 Å². The van der Waals surface area contributed by atoms with Crippen molar-refractivity contribution in [3.05, 3.63) is 58.5 Å². The Morgan fingerprint density at radius 2 is 2.00 bits per heavy atom.